The van der Waals surface area contributed by atoms with E-state index in [0.29, 0.717) is 29.3 Å². The van der Waals surface area contributed by atoms with Crippen LogP contribution in [-0.2, 0) is 0 Å². The molecule has 1 saturated carbocycles. The molecule has 4 rings (SSSR count). The van der Waals surface area contributed by atoms with Crippen LogP contribution < -0.4 is 10.6 Å². The Morgan fingerprint density at radius 1 is 1.19 bits per heavy atom. The smallest absolute Gasteiger partial charge is 0.248 e. The van der Waals surface area contributed by atoms with Gasteiger partial charge in [0, 0.05) is 29.4 Å². The van der Waals surface area contributed by atoms with Crippen LogP contribution in [0.1, 0.15) is 49.1 Å². The van der Waals surface area contributed by atoms with Crippen molar-refractivity contribution in [2.75, 3.05) is 10.6 Å². The number of anilines is 3. The van der Waals surface area contributed by atoms with E-state index in [-0.39, 0.29) is 11.8 Å². The second kappa shape index (κ2) is 6.62. The van der Waals surface area contributed by atoms with E-state index in [2.05, 4.69) is 30.7 Å². The van der Waals surface area contributed by atoms with Gasteiger partial charge in [-0.15, -0.1) is 0 Å². The third-order valence-electron chi connectivity index (χ3n) is 4.09. The standard InChI is InChI=1S/C18H20N6O2/c1-10-8-15(20-11(2)17-23-16(24-26-17)12-6-7-12)22-18(19-10)21-13-4-3-5-14(25)9-13/h3-5,8-9,11-12,25H,6-7H2,1-2H3,(H2,19,20,21,22)/t11-/m1/s1. The number of aromatic hydroxyl groups is 1. The summed E-state index contributed by atoms with van der Waals surface area (Å²) in [7, 11) is 0. The van der Waals surface area contributed by atoms with Gasteiger partial charge in [0.05, 0.1) is 0 Å². The molecule has 1 atom stereocenters. The molecule has 0 spiro atoms. The highest BCUT2D eigenvalue weighted by Gasteiger charge is 2.29. The molecule has 0 aliphatic heterocycles. The lowest BCUT2D eigenvalue weighted by atomic mass is 10.3. The molecule has 1 fully saturated rings. The summed E-state index contributed by atoms with van der Waals surface area (Å²) in [4.78, 5) is 13.3. The molecule has 3 N–H and O–H groups in total. The van der Waals surface area contributed by atoms with Gasteiger partial charge >= 0.3 is 0 Å². The molecule has 3 aromatic rings. The van der Waals surface area contributed by atoms with E-state index in [1.54, 1.807) is 18.2 Å². The molecule has 2 heterocycles. The summed E-state index contributed by atoms with van der Waals surface area (Å²) < 4.78 is 5.36. The third kappa shape index (κ3) is 3.74. The Morgan fingerprint density at radius 2 is 2.04 bits per heavy atom. The molecule has 8 heteroatoms. The summed E-state index contributed by atoms with van der Waals surface area (Å²) in [5, 5.41) is 20.0. The Morgan fingerprint density at radius 3 is 2.81 bits per heavy atom. The number of hydrogen-bond donors (Lipinski definition) is 3. The number of aryl methyl sites for hydroxylation is 1. The first-order chi connectivity index (χ1) is 12.6. The van der Waals surface area contributed by atoms with Crippen molar-refractivity contribution in [3.63, 3.8) is 0 Å². The van der Waals surface area contributed by atoms with Gasteiger partial charge in [0.25, 0.3) is 0 Å². The van der Waals surface area contributed by atoms with E-state index in [1.165, 1.54) is 0 Å². The summed E-state index contributed by atoms with van der Waals surface area (Å²) in [6, 6.07) is 8.48. The fourth-order valence-corrected chi connectivity index (χ4v) is 2.63. The third-order valence-corrected chi connectivity index (χ3v) is 4.09. The highest BCUT2D eigenvalue weighted by atomic mass is 16.5. The van der Waals surface area contributed by atoms with E-state index < -0.39 is 0 Å². The average molecular weight is 352 g/mol. The maximum absolute atomic E-state index is 9.57. The lowest BCUT2D eigenvalue weighted by Gasteiger charge is -2.13. The van der Waals surface area contributed by atoms with Gasteiger partial charge in [-0.3, -0.25) is 0 Å². The minimum absolute atomic E-state index is 0.169. The second-order valence-corrected chi connectivity index (χ2v) is 6.52. The number of phenols is 1. The Hall–Kier alpha value is -3.16. The second-order valence-electron chi connectivity index (χ2n) is 6.52. The predicted molar refractivity (Wildman–Crippen MR) is 96.5 cm³/mol. The molecular formula is C18H20N6O2. The monoisotopic (exact) mass is 352 g/mol. The van der Waals surface area contributed by atoms with Crippen molar-refractivity contribution in [3.8, 4) is 5.75 Å². The summed E-state index contributed by atoms with van der Waals surface area (Å²) >= 11 is 0. The maximum atomic E-state index is 9.57. The number of nitrogens with one attached hydrogen (secondary N) is 2. The SMILES string of the molecule is Cc1cc(N[C@H](C)c2nc(C3CC3)no2)nc(Nc2cccc(O)c2)n1. The largest absolute Gasteiger partial charge is 0.508 e. The van der Waals surface area contributed by atoms with Gasteiger partial charge in [-0.1, -0.05) is 11.2 Å². The molecule has 0 unspecified atom stereocenters. The summed E-state index contributed by atoms with van der Waals surface area (Å²) in [6.07, 6.45) is 2.27. The molecule has 0 saturated heterocycles. The Bertz CT molecular complexity index is 922. The van der Waals surface area contributed by atoms with E-state index in [4.69, 9.17) is 4.52 Å². The van der Waals surface area contributed by atoms with Gasteiger partial charge in [0.15, 0.2) is 5.82 Å². The average Bonchev–Trinajstić information content (AvgIpc) is 3.31. The maximum Gasteiger partial charge on any atom is 0.248 e. The van der Waals surface area contributed by atoms with Crippen molar-refractivity contribution < 1.29 is 9.63 Å². The molecule has 1 aliphatic carbocycles. The highest BCUT2D eigenvalue weighted by molar-refractivity contribution is 5.57. The van der Waals surface area contributed by atoms with Crippen molar-refractivity contribution in [2.45, 2.75) is 38.6 Å². The van der Waals surface area contributed by atoms with Gasteiger partial charge < -0.3 is 20.3 Å². The lowest BCUT2D eigenvalue weighted by molar-refractivity contribution is 0.362. The molecule has 2 aromatic heterocycles. The number of aromatic nitrogens is 4. The summed E-state index contributed by atoms with van der Waals surface area (Å²) in [6.45, 7) is 3.84. The number of benzene rings is 1. The van der Waals surface area contributed by atoms with Crippen LogP contribution in [0.4, 0.5) is 17.5 Å². The molecular weight excluding hydrogens is 332 g/mol. The molecule has 1 aromatic carbocycles. The van der Waals surface area contributed by atoms with Gasteiger partial charge in [-0.05, 0) is 38.8 Å². The first-order valence-corrected chi connectivity index (χ1v) is 8.58. The Labute approximate surface area is 150 Å². The molecule has 134 valence electrons. The quantitative estimate of drug-likeness (QED) is 0.616. The molecule has 1 aliphatic rings. The Kier molecular flexibility index (Phi) is 4.16. The summed E-state index contributed by atoms with van der Waals surface area (Å²) in [5.41, 5.74) is 1.52. The van der Waals surface area contributed by atoms with Crippen molar-refractivity contribution in [2.24, 2.45) is 0 Å². The van der Waals surface area contributed by atoms with Crippen LogP contribution in [0.15, 0.2) is 34.9 Å². The number of nitrogens with zero attached hydrogens (tertiary/aromatic N) is 4. The van der Waals surface area contributed by atoms with Crippen LogP contribution >= 0.6 is 0 Å². The molecule has 0 radical (unpaired) electrons. The minimum Gasteiger partial charge on any atom is -0.508 e. The first-order valence-electron chi connectivity index (χ1n) is 8.58. The van der Waals surface area contributed by atoms with Crippen LogP contribution in [-0.4, -0.2) is 25.2 Å². The normalized spacial score (nSPS) is 14.8. The van der Waals surface area contributed by atoms with Gasteiger partial charge in [-0.25, -0.2) is 4.98 Å². The van der Waals surface area contributed by atoms with Crippen LogP contribution in [0.2, 0.25) is 0 Å². The van der Waals surface area contributed by atoms with E-state index in [1.807, 2.05) is 26.0 Å². The number of phenolic OH excluding ortho intramolecular Hbond substituents is 1. The molecule has 8 nitrogen and oxygen atoms in total. The molecule has 26 heavy (non-hydrogen) atoms. The van der Waals surface area contributed by atoms with E-state index >= 15 is 0 Å². The van der Waals surface area contributed by atoms with Crippen molar-refractivity contribution >= 4 is 17.5 Å². The lowest BCUT2D eigenvalue weighted by Crippen LogP contribution is -2.10. The van der Waals surface area contributed by atoms with Crippen molar-refractivity contribution in [3.05, 3.63) is 47.7 Å². The zero-order valence-electron chi connectivity index (χ0n) is 14.6. The summed E-state index contributed by atoms with van der Waals surface area (Å²) in [5.74, 6) is 3.06. The number of rotatable bonds is 6. The van der Waals surface area contributed by atoms with Crippen LogP contribution in [0.5, 0.6) is 5.75 Å². The van der Waals surface area contributed by atoms with Gasteiger partial charge in [0.2, 0.25) is 11.8 Å². The van der Waals surface area contributed by atoms with E-state index in [0.717, 1.165) is 24.4 Å². The minimum atomic E-state index is -0.169. The Balaban J connectivity index is 1.49. The number of hydrogen-bond acceptors (Lipinski definition) is 8. The molecule has 0 amide bonds. The predicted octanol–water partition coefficient (Wildman–Crippen LogP) is 3.67. The van der Waals surface area contributed by atoms with Crippen molar-refractivity contribution in [1.29, 1.82) is 0 Å². The fourth-order valence-electron chi connectivity index (χ4n) is 2.63. The van der Waals surface area contributed by atoms with Gasteiger partial charge in [0.1, 0.15) is 17.6 Å². The van der Waals surface area contributed by atoms with Crippen LogP contribution in [0.3, 0.4) is 0 Å². The van der Waals surface area contributed by atoms with Crippen LogP contribution in [0.25, 0.3) is 0 Å². The van der Waals surface area contributed by atoms with Crippen molar-refractivity contribution in [1.82, 2.24) is 20.1 Å². The zero-order valence-corrected chi connectivity index (χ0v) is 14.6. The first kappa shape index (κ1) is 16.3. The van der Waals surface area contributed by atoms with E-state index in [9.17, 15) is 5.11 Å². The zero-order chi connectivity index (χ0) is 18.1. The topological polar surface area (TPSA) is 109 Å². The molecule has 0 bridgehead atoms. The highest BCUT2D eigenvalue weighted by Crippen LogP contribution is 2.38. The van der Waals surface area contributed by atoms with Gasteiger partial charge in [-0.2, -0.15) is 9.97 Å². The fraction of sp³-hybridized carbons (Fsp3) is 0.333. The van der Waals surface area contributed by atoms with Crippen LogP contribution in [0, 0.1) is 6.92 Å².